The molecule has 0 saturated heterocycles. The van der Waals surface area contributed by atoms with Gasteiger partial charge in [-0.1, -0.05) is 6.92 Å². The molecule has 0 radical (unpaired) electrons. The van der Waals surface area contributed by atoms with E-state index in [4.69, 9.17) is 9.29 Å². The third-order valence-electron chi connectivity index (χ3n) is 5.69. The van der Waals surface area contributed by atoms with E-state index in [0.717, 1.165) is 12.1 Å². The largest absolute Gasteiger partial charge is 0.497 e. The number of benzene rings is 1. The first-order chi connectivity index (χ1) is 17.2. The lowest BCUT2D eigenvalue weighted by Crippen LogP contribution is -2.40. The number of fused-ring (bicyclic) bond motifs is 3. The predicted octanol–water partition coefficient (Wildman–Crippen LogP) is 1.30. The second-order valence-electron chi connectivity index (χ2n) is 8.08. The number of pyridine rings is 1. The van der Waals surface area contributed by atoms with E-state index in [1.807, 2.05) is 6.92 Å². The van der Waals surface area contributed by atoms with Gasteiger partial charge in [0.2, 0.25) is 0 Å². The molecule has 4 aromatic rings. The Kier molecular flexibility index (Phi) is 6.95. The minimum Gasteiger partial charge on any atom is -0.497 e. The second-order valence-corrected chi connectivity index (χ2v) is 9.50. The highest BCUT2D eigenvalue weighted by molar-refractivity contribution is 7.85. The molecular weight excluding hydrogens is 490 g/mol. The highest BCUT2D eigenvalue weighted by atomic mass is 32.2. The van der Waals surface area contributed by atoms with Crippen LogP contribution in [0.5, 0.6) is 5.75 Å². The van der Waals surface area contributed by atoms with Gasteiger partial charge in [-0.3, -0.25) is 27.7 Å². The molecule has 0 saturated carbocycles. The minimum atomic E-state index is -4.35. The molecule has 36 heavy (non-hydrogen) atoms. The van der Waals surface area contributed by atoms with Gasteiger partial charge in [-0.25, -0.2) is 9.78 Å². The van der Waals surface area contributed by atoms with Crippen molar-refractivity contribution in [3.05, 3.63) is 69.0 Å². The molecule has 13 heteroatoms. The molecule has 0 unspecified atom stereocenters. The summed E-state index contributed by atoms with van der Waals surface area (Å²) in [6.07, 6.45) is 2.63. The maximum atomic E-state index is 13.2. The van der Waals surface area contributed by atoms with Gasteiger partial charge >= 0.3 is 5.69 Å². The number of carbonyl (C=O) groups is 1. The van der Waals surface area contributed by atoms with Gasteiger partial charge < -0.3 is 10.1 Å². The number of ether oxygens (including phenoxy) is 1. The molecule has 190 valence electrons. The van der Waals surface area contributed by atoms with Crippen LogP contribution in [-0.2, 0) is 23.2 Å². The zero-order chi connectivity index (χ0) is 26.0. The first-order valence-corrected chi connectivity index (χ1v) is 12.6. The van der Waals surface area contributed by atoms with Crippen LogP contribution in [0.15, 0.2) is 57.1 Å². The Bertz CT molecular complexity index is 1670. The smallest absolute Gasteiger partial charge is 0.332 e. The van der Waals surface area contributed by atoms with Gasteiger partial charge in [0.15, 0.2) is 11.2 Å². The van der Waals surface area contributed by atoms with Crippen LogP contribution in [0, 0.1) is 0 Å². The van der Waals surface area contributed by atoms with Crippen LogP contribution in [0.25, 0.3) is 16.8 Å². The first-order valence-electron chi connectivity index (χ1n) is 11.2. The van der Waals surface area contributed by atoms with Crippen molar-refractivity contribution in [1.82, 2.24) is 23.8 Å². The van der Waals surface area contributed by atoms with E-state index in [-0.39, 0.29) is 41.3 Å². The Labute approximate surface area is 205 Å². The fourth-order valence-corrected chi connectivity index (χ4v) is 4.40. The van der Waals surface area contributed by atoms with Crippen molar-refractivity contribution in [2.45, 2.75) is 37.8 Å². The first kappa shape index (κ1) is 25.1. The fourth-order valence-electron chi connectivity index (χ4n) is 3.92. The summed E-state index contributed by atoms with van der Waals surface area (Å²) in [6, 6.07) is 8.22. The van der Waals surface area contributed by atoms with Crippen LogP contribution in [0.1, 0.15) is 30.1 Å². The van der Waals surface area contributed by atoms with Gasteiger partial charge in [0, 0.05) is 37.5 Å². The van der Waals surface area contributed by atoms with Crippen molar-refractivity contribution in [3.63, 3.8) is 0 Å². The molecule has 0 aliphatic heterocycles. The van der Waals surface area contributed by atoms with Crippen LogP contribution in [0.2, 0.25) is 0 Å². The standard InChI is InChI=1S/C23H25N5O7S/c1-3-11-28-22(30)19-20(25-18-14-16(35-2)9-13-26(18)19)27(23(28)31)12-4-10-24-21(29)15-5-7-17(8-6-15)36(32,33)34/h5-9,13-14H,3-4,10-12H2,1-2H3,(H,24,29)(H,32,33,34). The molecule has 3 aromatic heterocycles. The maximum absolute atomic E-state index is 13.2. The number of rotatable bonds is 9. The summed E-state index contributed by atoms with van der Waals surface area (Å²) in [4.78, 5) is 42.9. The third-order valence-corrected chi connectivity index (χ3v) is 6.55. The molecule has 4 rings (SSSR count). The van der Waals surface area contributed by atoms with E-state index in [9.17, 15) is 22.8 Å². The van der Waals surface area contributed by atoms with E-state index < -0.39 is 27.3 Å². The monoisotopic (exact) mass is 515 g/mol. The average Bonchev–Trinajstić information content (AvgIpc) is 3.24. The summed E-state index contributed by atoms with van der Waals surface area (Å²) in [5.41, 5.74) is 0.309. The number of hydrogen-bond donors (Lipinski definition) is 2. The highest BCUT2D eigenvalue weighted by Crippen LogP contribution is 2.18. The lowest BCUT2D eigenvalue weighted by molar-refractivity contribution is 0.0952. The second kappa shape index (κ2) is 9.95. The zero-order valence-corrected chi connectivity index (χ0v) is 20.5. The Hall–Kier alpha value is -3.97. The van der Waals surface area contributed by atoms with E-state index >= 15 is 0 Å². The Morgan fingerprint density at radius 3 is 2.47 bits per heavy atom. The third kappa shape index (κ3) is 4.75. The van der Waals surface area contributed by atoms with Gasteiger partial charge in [0.25, 0.3) is 21.6 Å². The van der Waals surface area contributed by atoms with Crippen LogP contribution in [-0.4, -0.2) is 51.1 Å². The van der Waals surface area contributed by atoms with Crippen molar-refractivity contribution in [3.8, 4) is 5.75 Å². The Balaban J connectivity index is 1.58. The number of amides is 1. The SMILES string of the molecule is CCCn1c(=O)c2c(nc3cc(OC)ccn32)n(CCCNC(=O)c2ccc(S(=O)(=O)O)cc2)c1=O. The van der Waals surface area contributed by atoms with Gasteiger partial charge in [-0.15, -0.1) is 0 Å². The van der Waals surface area contributed by atoms with E-state index in [1.54, 1.807) is 22.7 Å². The molecule has 0 spiro atoms. The van der Waals surface area contributed by atoms with Crippen LogP contribution < -0.4 is 21.3 Å². The van der Waals surface area contributed by atoms with E-state index in [2.05, 4.69) is 10.3 Å². The quantitative estimate of drug-likeness (QED) is 0.250. The maximum Gasteiger partial charge on any atom is 0.332 e. The van der Waals surface area contributed by atoms with Crippen molar-refractivity contribution >= 4 is 32.8 Å². The van der Waals surface area contributed by atoms with Crippen LogP contribution in [0.4, 0.5) is 0 Å². The van der Waals surface area contributed by atoms with Gasteiger partial charge in [0.1, 0.15) is 11.4 Å². The number of hydrogen-bond acceptors (Lipinski definition) is 7. The molecule has 0 bridgehead atoms. The molecule has 3 heterocycles. The molecule has 0 aliphatic carbocycles. The zero-order valence-electron chi connectivity index (χ0n) is 19.7. The average molecular weight is 516 g/mol. The summed E-state index contributed by atoms with van der Waals surface area (Å²) in [6.45, 7) is 2.54. The molecule has 1 amide bonds. The molecule has 0 atom stereocenters. The molecule has 0 aliphatic rings. The number of carbonyl (C=O) groups excluding carboxylic acids is 1. The predicted molar refractivity (Wildman–Crippen MR) is 131 cm³/mol. The number of aromatic nitrogens is 4. The van der Waals surface area contributed by atoms with E-state index in [1.165, 1.54) is 28.4 Å². The van der Waals surface area contributed by atoms with Crippen molar-refractivity contribution < 1.29 is 22.5 Å². The molecule has 0 fully saturated rings. The summed E-state index contributed by atoms with van der Waals surface area (Å²) < 4.78 is 40.8. The summed E-state index contributed by atoms with van der Waals surface area (Å²) in [5, 5.41) is 2.71. The number of nitrogens with one attached hydrogen (secondary N) is 1. The molecule has 2 N–H and O–H groups in total. The number of methoxy groups -OCH3 is 1. The number of aryl methyl sites for hydroxylation is 1. The number of nitrogens with zero attached hydrogens (tertiary/aromatic N) is 4. The van der Waals surface area contributed by atoms with Crippen molar-refractivity contribution in [1.29, 1.82) is 0 Å². The van der Waals surface area contributed by atoms with E-state index in [0.29, 0.717) is 24.2 Å². The number of imidazole rings is 1. The van der Waals surface area contributed by atoms with Crippen molar-refractivity contribution in [2.75, 3.05) is 13.7 Å². The Morgan fingerprint density at radius 1 is 1.11 bits per heavy atom. The fraction of sp³-hybridized carbons (Fsp3) is 0.304. The van der Waals surface area contributed by atoms with Crippen LogP contribution in [0.3, 0.4) is 0 Å². The minimum absolute atomic E-state index is 0.197. The van der Waals surface area contributed by atoms with Gasteiger partial charge in [-0.05, 0) is 43.2 Å². The molecule has 1 aromatic carbocycles. The summed E-state index contributed by atoms with van der Waals surface area (Å²) in [7, 11) is -2.82. The normalized spacial score (nSPS) is 11.8. The summed E-state index contributed by atoms with van der Waals surface area (Å²) in [5.74, 6) is 0.123. The van der Waals surface area contributed by atoms with Crippen molar-refractivity contribution in [2.24, 2.45) is 0 Å². The van der Waals surface area contributed by atoms with Crippen LogP contribution >= 0.6 is 0 Å². The van der Waals surface area contributed by atoms with Gasteiger partial charge in [-0.2, -0.15) is 8.42 Å². The highest BCUT2D eigenvalue weighted by Gasteiger charge is 2.19. The van der Waals surface area contributed by atoms with Gasteiger partial charge in [0.05, 0.1) is 12.0 Å². The topological polar surface area (TPSA) is 154 Å². The molecule has 12 nitrogen and oxygen atoms in total. The molecular formula is C23H25N5O7S. The lowest BCUT2D eigenvalue weighted by Gasteiger charge is -2.11. The lowest BCUT2D eigenvalue weighted by atomic mass is 10.2. The summed E-state index contributed by atoms with van der Waals surface area (Å²) >= 11 is 0. The Morgan fingerprint density at radius 2 is 1.83 bits per heavy atom.